The lowest BCUT2D eigenvalue weighted by atomic mass is 9.96. The molecule has 100 valence electrons. The number of nitrogens with zero attached hydrogens (tertiary/aromatic N) is 1. The molecule has 0 bridgehead atoms. The van der Waals surface area contributed by atoms with E-state index in [1.807, 2.05) is 12.4 Å². The van der Waals surface area contributed by atoms with E-state index in [1.165, 1.54) is 22.3 Å². The molecule has 0 aliphatic rings. The van der Waals surface area contributed by atoms with Crippen LogP contribution in [-0.2, 0) is 12.8 Å². The third kappa shape index (κ3) is 4.18. The Morgan fingerprint density at radius 2 is 1.84 bits per heavy atom. The molecular formula is C17H22N2. The van der Waals surface area contributed by atoms with E-state index >= 15 is 0 Å². The van der Waals surface area contributed by atoms with Gasteiger partial charge >= 0.3 is 0 Å². The van der Waals surface area contributed by atoms with Crippen LogP contribution in [0.4, 0.5) is 0 Å². The summed E-state index contributed by atoms with van der Waals surface area (Å²) in [5.74, 6) is 0. The zero-order valence-corrected chi connectivity index (χ0v) is 11.8. The summed E-state index contributed by atoms with van der Waals surface area (Å²) in [6.45, 7) is 4.29. The second-order valence-corrected chi connectivity index (χ2v) is 5.29. The topological polar surface area (TPSA) is 38.9 Å². The average molecular weight is 254 g/mol. The van der Waals surface area contributed by atoms with Crippen molar-refractivity contribution < 1.29 is 0 Å². The zero-order valence-electron chi connectivity index (χ0n) is 11.8. The van der Waals surface area contributed by atoms with Gasteiger partial charge in [0.2, 0.25) is 0 Å². The van der Waals surface area contributed by atoms with Crippen molar-refractivity contribution in [3.05, 3.63) is 65.0 Å². The highest BCUT2D eigenvalue weighted by molar-refractivity contribution is 5.31. The van der Waals surface area contributed by atoms with Crippen LogP contribution >= 0.6 is 0 Å². The molecule has 2 rings (SSSR count). The van der Waals surface area contributed by atoms with Gasteiger partial charge in [0, 0.05) is 18.4 Å². The molecule has 0 amide bonds. The lowest BCUT2D eigenvalue weighted by Crippen LogP contribution is -2.24. The van der Waals surface area contributed by atoms with Gasteiger partial charge in [-0.1, -0.05) is 23.8 Å². The fraction of sp³-hybridized carbons (Fsp3) is 0.353. The van der Waals surface area contributed by atoms with Gasteiger partial charge in [-0.3, -0.25) is 4.98 Å². The molecule has 1 unspecified atom stereocenters. The van der Waals surface area contributed by atoms with Crippen LogP contribution in [0.25, 0.3) is 0 Å². The third-order valence-electron chi connectivity index (χ3n) is 3.54. The minimum absolute atomic E-state index is 0.216. The normalized spacial score (nSPS) is 12.4. The molecule has 2 nitrogen and oxygen atoms in total. The van der Waals surface area contributed by atoms with E-state index in [9.17, 15) is 0 Å². The Morgan fingerprint density at radius 1 is 1.11 bits per heavy atom. The van der Waals surface area contributed by atoms with Crippen LogP contribution in [0.1, 0.15) is 28.7 Å². The van der Waals surface area contributed by atoms with Crippen LogP contribution in [0.5, 0.6) is 0 Å². The highest BCUT2D eigenvalue weighted by atomic mass is 14.6. The number of hydrogen-bond acceptors (Lipinski definition) is 2. The summed E-state index contributed by atoms with van der Waals surface area (Å²) >= 11 is 0. The molecule has 2 aromatic rings. The molecule has 0 radical (unpaired) electrons. The molecule has 0 saturated carbocycles. The molecule has 2 heteroatoms. The largest absolute Gasteiger partial charge is 0.327 e. The summed E-state index contributed by atoms with van der Waals surface area (Å²) < 4.78 is 0. The summed E-state index contributed by atoms with van der Waals surface area (Å²) in [5.41, 5.74) is 11.6. The maximum absolute atomic E-state index is 6.26. The minimum Gasteiger partial charge on any atom is -0.327 e. The molecule has 0 saturated heterocycles. The molecule has 1 aromatic carbocycles. The third-order valence-corrected chi connectivity index (χ3v) is 3.54. The van der Waals surface area contributed by atoms with E-state index in [1.54, 1.807) is 0 Å². The van der Waals surface area contributed by atoms with E-state index in [0.29, 0.717) is 0 Å². The molecule has 1 heterocycles. The first kappa shape index (κ1) is 13.8. The summed E-state index contributed by atoms with van der Waals surface area (Å²) in [5, 5.41) is 0. The molecule has 0 aliphatic heterocycles. The summed E-state index contributed by atoms with van der Waals surface area (Å²) in [7, 11) is 0. The Bertz CT molecular complexity index is 520. The number of aryl methyl sites for hydroxylation is 3. The quantitative estimate of drug-likeness (QED) is 0.890. The zero-order chi connectivity index (χ0) is 13.7. The lowest BCUT2D eigenvalue weighted by Gasteiger charge is -2.14. The Hall–Kier alpha value is -1.67. The lowest BCUT2D eigenvalue weighted by molar-refractivity contribution is 0.608. The minimum atomic E-state index is 0.216. The monoisotopic (exact) mass is 254 g/mol. The van der Waals surface area contributed by atoms with Gasteiger partial charge in [0.15, 0.2) is 0 Å². The molecule has 0 spiro atoms. The Balaban J connectivity index is 1.90. The fourth-order valence-corrected chi connectivity index (χ4v) is 2.31. The van der Waals surface area contributed by atoms with Crippen LogP contribution in [0.15, 0.2) is 42.7 Å². The van der Waals surface area contributed by atoms with Crippen molar-refractivity contribution in [2.75, 3.05) is 0 Å². The van der Waals surface area contributed by atoms with Gasteiger partial charge in [-0.15, -0.1) is 0 Å². The number of pyridine rings is 1. The van der Waals surface area contributed by atoms with Gasteiger partial charge in [0.1, 0.15) is 0 Å². The second kappa shape index (κ2) is 6.48. The average Bonchev–Trinajstić information content (AvgIpc) is 2.42. The van der Waals surface area contributed by atoms with Crippen molar-refractivity contribution in [3.63, 3.8) is 0 Å². The molecule has 0 fully saturated rings. The first-order valence-corrected chi connectivity index (χ1v) is 6.86. The number of rotatable bonds is 5. The van der Waals surface area contributed by atoms with E-state index < -0.39 is 0 Å². The van der Waals surface area contributed by atoms with Crippen molar-refractivity contribution in [1.29, 1.82) is 0 Å². The summed E-state index contributed by atoms with van der Waals surface area (Å²) in [6.07, 6.45) is 6.67. The summed E-state index contributed by atoms with van der Waals surface area (Å²) in [6, 6.07) is 10.9. The molecule has 1 atom stereocenters. The fourth-order valence-electron chi connectivity index (χ4n) is 2.31. The second-order valence-electron chi connectivity index (χ2n) is 5.29. The van der Waals surface area contributed by atoms with Gasteiger partial charge in [-0.25, -0.2) is 0 Å². The highest BCUT2D eigenvalue weighted by Gasteiger charge is 2.07. The molecular weight excluding hydrogens is 232 g/mol. The molecule has 0 aliphatic carbocycles. The standard InChI is InChI=1S/C17H22N2/c1-13-3-4-14(2)16(11-13)12-17(18)6-5-15-7-9-19-10-8-15/h3-4,7-11,17H,5-6,12,18H2,1-2H3. The molecule has 19 heavy (non-hydrogen) atoms. The number of hydrogen-bond donors (Lipinski definition) is 1. The van der Waals surface area contributed by atoms with Crippen molar-refractivity contribution in [2.45, 2.75) is 39.2 Å². The predicted octanol–water partition coefficient (Wildman–Crippen LogP) is 3.20. The van der Waals surface area contributed by atoms with Gasteiger partial charge in [-0.05, 0) is 61.9 Å². The Labute approximate surface area is 115 Å². The van der Waals surface area contributed by atoms with Crippen LogP contribution in [-0.4, -0.2) is 11.0 Å². The maximum atomic E-state index is 6.26. The summed E-state index contributed by atoms with van der Waals surface area (Å²) in [4.78, 5) is 4.03. The van der Waals surface area contributed by atoms with Crippen molar-refractivity contribution in [1.82, 2.24) is 4.98 Å². The van der Waals surface area contributed by atoms with Gasteiger partial charge in [0.05, 0.1) is 0 Å². The van der Waals surface area contributed by atoms with Crippen molar-refractivity contribution >= 4 is 0 Å². The van der Waals surface area contributed by atoms with E-state index in [0.717, 1.165) is 19.3 Å². The Kier molecular flexibility index (Phi) is 4.69. The van der Waals surface area contributed by atoms with Gasteiger partial charge in [-0.2, -0.15) is 0 Å². The number of nitrogens with two attached hydrogens (primary N) is 1. The van der Waals surface area contributed by atoms with E-state index in [2.05, 4.69) is 49.2 Å². The predicted molar refractivity (Wildman–Crippen MR) is 80.2 cm³/mol. The van der Waals surface area contributed by atoms with Gasteiger partial charge < -0.3 is 5.73 Å². The van der Waals surface area contributed by atoms with Crippen molar-refractivity contribution in [3.8, 4) is 0 Å². The van der Waals surface area contributed by atoms with Crippen molar-refractivity contribution in [2.24, 2.45) is 5.73 Å². The number of benzene rings is 1. The smallest absolute Gasteiger partial charge is 0.0270 e. The maximum Gasteiger partial charge on any atom is 0.0270 e. The first-order valence-electron chi connectivity index (χ1n) is 6.86. The SMILES string of the molecule is Cc1ccc(C)c(CC(N)CCc2ccncc2)c1. The van der Waals surface area contributed by atoms with Crippen LogP contribution in [0, 0.1) is 13.8 Å². The van der Waals surface area contributed by atoms with Crippen LogP contribution in [0.2, 0.25) is 0 Å². The molecule has 2 N–H and O–H groups in total. The van der Waals surface area contributed by atoms with Crippen LogP contribution in [0.3, 0.4) is 0 Å². The van der Waals surface area contributed by atoms with E-state index in [-0.39, 0.29) is 6.04 Å². The Morgan fingerprint density at radius 3 is 2.58 bits per heavy atom. The first-order chi connectivity index (χ1) is 9.15. The van der Waals surface area contributed by atoms with E-state index in [4.69, 9.17) is 5.73 Å². The molecule has 1 aromatic heterocycles. The number of aromatic nitrogens is 1. The van der Waals surface area contributed by atoms with Gasteiger partial charge in [0.25, 0.3) is 0 Å². The highest BCUT2D eigenvalue weighted by Crippen LogP contribution is 2.14. The van der Waals surface area contributed by atoms with Crippen LogP contribution < -0.4 is 5.73 Å².